The molecule has 1 aromatic carbocycles. The Morgan fingerprint density at radius 3 is 2.53 bits per heavy atom. The molecule has 0 saturated heterocycles. The Balaban J connectivity index is 2.39. The van der Waals surface area contributed by atoms with Crippen molar-refractivity contribution in [3.8, 4) is 5.75 Å². The Morgan fingerprint density at radius 1 is 1.20 bits per heavy atom. The number of methoxy groups -OCH3 is 1. The van der Waals surface area contributed by atoms with Gasteiger partial charge in [0.2, 0.25) is 0 Å². The first-order valence-corrected chi connectivity index (χ1v) is 5.11. The summed E-state index contributed by atoms with van der Waals surface area (Å²) < 4.78 is 5.06. The quantitative estimate of drug-likeness (QED) is 0.525. The molecule has 0 spiro atoms. The van der Waals surface area contributed by atoms with Gasteiger partial charge in [-0.05, 0) is 30.5 Å². The molecule has 0 N–H and O–H groups in total. The third-order valence-corrected chi connectivity index (χ3v) is 2.12. The van der Waals surface area contributed by atoms with E-state index in [2.05, 4.69) is 12.2 Å². The molecule has 0 aliphatic rings. The van der Waals surface area contributed by atoms with Crippen LogP contribution in [0.25, 0.3) is 6.08 Å². The van der Waals surface area contributed by atoms with E-state index in [1.165, 1.54) is 0 Å². The molecule has 0 atom stereocenters. The highest BCUT2D eigenvalue weighted by Crippen LogP contribution is 2.12. The fraction of sp³-hybridized carbons (Fsp3) is 0.308. The van der Waals surface area contributed by atoms with Crippen molar-refractivity contribution in [2.45, 2.75) is 19.3 Å². The molecule has 2 nitrogen and oxygen atoms in total. The van der Waals surface area contributed by atoms with Gasteiger partial charge in [0, 0.05) is 6.42 Å². The summed E-state index contributed by atoms with van der Waals surface area (Å²) in [6.45, 7) is 0. The van der Waals surface area contributed by atoms with E-state index in [0.717, 1.165) is 30.4 Å². The van der Waals surface area contributed by atoms with Crippen molar-refractivity contribution in [1.82, 2.24) is 0 Å². The lowest BCUT2D eigenvalue weighted by molar-refractivity contribution is -0.107. The molecule has 0 amide bonds. The third kappa shape index (κ3) is 4.45. The van der Waals surface area contributed by atoms with Gasteiger partial charge in [0.15, 0.2) is 0 Å². The topological polar surface area (TPSA) is 26.3 Å². The predicted octanol–water partition coefficient (Wildman–Crippen LogP) is 3.08. The van der Waals surface area contributed by atoms with Gasteiger partial charge in [-0.3, -0.25) is 0 Å². The van der Waals surface area contributed by atoms with E-state index in [0.29, 0.717) is 6.42 Å². The summed E-state index contributed by atoms with van der Waals surface area (Å²) in [7, 11) is 1.66. The number of carbonyl (C=O) groups is 1. The molecule has 0 radical (unpaired) electrons. The van der Waals surface area contributed by atoms with Crippen LogP contribution in [0.4, 0.5) is 0 Å². The Morgan fingerprint density at radius 2 is 1.93 bits per heavy atom. The van der Waals surface area contributed by atoms with Crippen LogP contribution < -0.4 is 4.74 Å². The van der Waals surface area contributed by atoms with Crippen LogP contribution in [-0.4, -0.2) is 13.4 Å². The minimum atomic E-state index is 0.646. The summed E-state index contributed by atoms with van der Waals surface area (Å²) in [4.78, 5) is 10.1. The highest BCUT2D eigenvalue weighted by atomic mass is 16.5. The van der Waals surface area contributed by atoms with Gasteiger partial charge >= 0.3 is 0 Å². The fourth-order valence-corrected chi connectivity index (χ4v) is 1.25. The number of benzene rings is 1. The number of unbranched alkanes of at least 4 members (excludes halogenated alkanes) is 2. The summed E-state index contributed by atoms with van der Waals surface area (Å²) in [5.74, 6) is 0.869. The molecule has 2 heteroatoms. The largest absolute Gasteiger partial charge is 0.497 e. The summed E-state index contributed by atoms with van der Waals surface area (Å²) >= 11 is 0. The number of rotatable bonds is 6. The van der Waals surface area contributed by atoms with Crippen LogP contribution in [0, 0.1) is 0 Å². The monoisotopic (exact) mass is 204 g/mol. The van der Waals surface area contributed by atoms with Gasteiger partial charge < -0.3 is 9.53 Å². The van der Waals surface area contributed by atoms with Gasteiger partial charge in [0.05, 0.1) is 7.11 Å². The van der Waals surface area contributed by atoms with Crippen LogP contribution in [-0.2, 0) is 4.79 Å². The van der Waals surface area contributed by atoms with Crippen molar-refractivity contribution in [1.29, 1.82) is 0 Å². The Hall–Kier alpha value is -1.57. The second-order valence-corrected chi connectivity index (χ2v) is 3.27. The van der Waals surface area contributed by atoms with Crippen LogP contribution in [0.5, 0.6) is 5.75 Å². The van der Waals surface area contributed by atoms with E-state index in [4.69, 9.17) is 4.74 Å². The number of ether oxygens (including phenoxy) is 1. The SMILES string of the molecule is COc1ccc(/C=C\CCCC=O)cc1. The molecule has 0 aliphatic heterocycles. The van der Waals surface area contributed by atoms with Crippen LogP contribution in [0.2, 0.25) is 0 Å². The number of carbonyl (C=O) groups excluding carboxylic acids is 1. The van der Waals surface area contributed by atoms with E-state index in [1.807, 2.05) is 24.3 Å². The number of hydrogen-bond donors (Lipinski definition) is 0. The van der Waals surface area contributed by atoms with Crippen molar-refractivity contribution < 1.29 is 9.53 Å². The standard InChI is InChI=1S/C13H16O2/c1-15-13-9-7-12(8-10-13)6-4-2-3-5-11-14/h4,6-11H,2-3,5H2,1H3/b6-4-. The van der Waals surface area contributed by atoms with E-state index < -0.39 is 0 Å². The van der Waals surface area contributed by atoms with Crippen LogP contribution in [0.3, 0.4) is 0 Å². The number of aldehydes is 1. The lowest BCUT2D eigenvalue weighted by Crippen LogP contribution is -1.81. The molecule has 1 aromatic rings. The van der Waals surface area contributed by atoms with Crippen LogP contribution >= 0.6 is 0 Å². The molecule has 15 heavy (non-hydrogen) atoms. The van der Waals surface area contributed by atoms with E-state index in [-0.39, 0.29) is 0 Å². The lowest BCUT2D eigenvalue weighted by atomic mass is 10.1. The first-order valence-electron chi connectivity index (χ1n) is 5.11. The van der Waals surface area contributed by atoms with Gasteiger partial charge in [-0.1, -0.05) is 24.3 Å². The van der Waals surface area contributed by atoms with E-state index in [1.54, 1.807) is 7.11 Å². The lowest BCUT2D eigenvalue weighted by Gasteiger charge is -1.98. The Labute approximate surface area is 90.6 Å². The van der Waals surface area contributed by atoms with Crippen molar-refractivity contribution in [3.63, 3.8) is 0 Å². The number of allylic oxidation sites excluding steroid dienone is 1. The third-order valence-electron chi connectivity index (χ3n) is 2.12. The smallest absolute Gasteiger partial charge is 0.120 e. The summed E-state index contributed by atoms with van der Waals surface area (Å²) in [6, 6.07) is 7.89. The zero-order valence-corrected chi connectivity index (χ0v) is 8.98. The normalized spacial score (nSPS) is 10.5. The van der Waals surface area contributed by atoms with E-state index >= 15 is 0 Å². The van der Waals surface area contributed by atoms with Crippen molar-refractivity contribution in [2.75, 3.05) is 7.11 Å². The highest BCUT2D eigenvalue weighted by Gasteiger charge is 1.89. The first kappa shape index (κ1) is 11.5. The minimum Gasteiger partial charge on any atom is -0.497 e. The molecule has 0 fully saturated rings. The molecule has 0 aromatic heterocycles. The maximum Gasteiger partial charge on any atom is 0.120 e. The second kappa shape index (κ2) is 6.82. The van der Waals surface area contributed by atoms with Gasteiger partial charge in [-0.15, -0.1) is 0 Å². The van der Waals surface area contributed by atoms with Gasteiger partial charge in [0.25, 0.3) is 0 Å². The maximum absolute atomic E-state index is 10.1. The molecule has 0 saturated carbocycles. The van der Waals surface area contributed by atoms with Crippen molar-refractivity contribution >= 4 is 12.4 Å². The van der Waals surface area contributed by atoms with Crippen molar-refractivity contribution in [3.05, 3.63) is 35.9 Å². The molecule has 0 aliphatic carbocycles. The highest BCUT2D eigenvalue weighted by molar-refractivity contribution is 5.51. The molecule has 0 unspecified atom stereocenters. The van der Waals surface area contributed by atoms with Crippen LogP contribution in [0.1, 0.15) is 24.8 Å². The molecular formula is C13H16O2. The summed E-state index contributed by atoms with van der Waals surface area (Å²) in [5, 5.41) is 0. The second-order valence-electron chi connectivity index (χ2n) is 3.27. The van der Waals surface area contributed by atoms with Gasteiger partial charge in [0.1, 0.15) is 12.0 Å². The van der Waals surface area contributed by atoms with Gasteiger partial charge in [-0.2, -0.15) is 0 Å². The first-order chi connectivity index (χ1) is 7.36. The number of hydrogen-bond acceptors (Lipinski definition) is 2. The molecule has 80 valence electrons. The zero-order chi connectivity index (χ0) is 10.9. The molecular weight excluding hydrogens is 188 g/mol. The van der Waals surface area contributed by atoms with Gasteiger partial charge in [-0.25, -0.2) is 0 Å². The predicted molar refractivity (Wildman–Crippen MR) is 61.9 cm³/mol. The summed E-state index contributed by atoms with van der Waals surface area (Å²) in [6.07, 6.45) is 7.63. The average molecular weight is 204 g/mol. The molecule has 0 heterocycles. The molecule has 1 rings (SSSR count). The average Bonchev–Trinajstić information content (AvgIpc) is 2.30. The molecule has 0 bridgehead atoms. The summed E-state index contributed by atoms with van der Waals surface area (Å²) in [5.41, 5.74) is 1.15. The zero-order valence-electron chi connectivity index (χ0n) is 8.98. The van der Waals surface area contributed by atoms with Crippen molar-refractivity contribution in [2.24, 2.45) is 0 Å². The van der Waals surface area contributed by atoms with Crippen LogP contribution in [0.15, 0.2) is 30.3 Å². The maximum atomic E-state index is 10.1. The minimum absolute atomic E-state index is 0.646. The van der Waals surface area contributed by atoms with E-state index in [9.17, 15) is 4.79 Å². The fourth-order valence-electron chi connectivity index (χ4n) is 1.25. The Bertz CT molecular complexity index is 312. The Kier molecular flexibility index (Phi) is 5.23.